The summed E-state index contributed by atoms with van der Waals surface area (Å²) in [5, 5.41) is 15.8. The van der Waals surface area contributed by atoms with E-state index in [9.17, 15) is 9.90 Å². The number of methoxy groups -OCH3 is 1. The molecule has 6 nitrogen and oxygen atoms in total. The Morgan fingerprint density at radius 3 is 2.61 bits per heavy atom. The maximum absolute atomic E-state index is 11.6. The quantitative estimate of drug-likeness (QED) is 0.611. The largest absolute Gasteiger partial charge is 0.497 e. The molecule has 0 saturated heterocycles. The third-order valence-electron chi connectivity index (χ3n) is 5.02. The van der Waals surface area contributed by atoms with Crippen molar-refractivity contribution in [3.8, 4) is 11.4 Å². The first-order valence-electron chi connectivity index (χ1n) is 9.26. The molecule has 28 heavy (non-hydrogen) atoms. The lowest BCUT2D eigenvalue weighted by Gasteiger charge is -2.29. The van der Waals surface area contributed by atoms with Crippen LogP contribution < -0.4 is 4.74 Å². The highest BCUT2D eigenvalue weighted by atomic mass is 16.5. The first kappa shape index (κ1) is 19.8. The Hall–Kier alpha value is -2.99. The van der Waals surface area contributed by atoms with Gasteiger partial charge in [-0.2, -0.15) is 5.10 Å². The predicted molar refractivity (Wildman–Crippen MR) is 110 cm³/mol. The maximum Gasteiger partial charge on any atom is 0.133 e. The molecule has 146 valence electrons. The third-order valence-corrected chi connectivity index (χ3v) is 5.02. The summed E-state index contributed by atoms with van der Waals surface area (Å²) < 4.78 is 7.01. The molecule has 0 atom stereocenters. The topological polar surface area (TPSA) is 76.7 Å². The minimum atomic E-state index is -1.08. The maximum atomic E-state index is 11.6. The summed E-state index contributed by atoms with van der Waals surface area (Å²) in [6.45, 7) is 5.37. The molecule has 1 fully saturated rings. The van der Waals surface area contributed by atoms with Gasteiger partial charge in [0, 0.05) is 18.5 Å². The fourth-order valence-corrected chi connectivity index (χ4v) is 3.21. The monoisotopic (exact) mass is 379 g/mol. The molecule has 0 radical (unpaired) electrons. The fourth-order valence-electron chi connectivity index (χ4n) is 3.21. The predicted octanol–water partition coefficient (Wildman–Crippen LogP) is 3.83. The van der Waals surface area contributed by atoms with E-state index in [1.54, 1.807) is 11.8 Å². The summed E-state index contributed by atoms with van der Waals surface area (Å²) in [7, 11) is 1.62. The van der Waals surface area contributed by atoms with Gasteiger partial charge in [0.05, 0.1) is 24.2 Å². The van der Waals surface area contributed by atoms with Crippen LogP contribution in [0.25, 0.3) is 11.8 Å². The average molecular weight is 379 g/mol. The number of aliphatic imine (C=N–C) groups is 1. The van der Waals surface area contributed by atoms with E-state index in [2.05, 4.69) is 16.8 Å². The molecule has 0 aliphatic heterocycles. The normalized spacial score (nSPS) is 17.1. The van der Waals surface area contributed by atoms with Crippen LogP contribution in [0.15, 0.2) is 53.2 Å². The second-order valence-corrected chi connectivity index (χ2v) is 6.96. The summed E-state index contributed by atoms with van der Waals surface area (Å²) >= 11 is 0. The van der Waals surface area contributed by atoms with Gasteiger partial charge in [-0.25, -0.2) is 4.68 Å². The zero-order valence-corrected chi connectivity index (χ0v) is 16.3. The summed E-state index contributed by atoms with van der Waals surface area (Å²) in [5.74, 6) is 0.949. The minimum Gasteiger partial charge on any atom is -0.497 e. The van der Waals surface area contributed by atoms with Crippen molar-refractivity contribution in [1.82, 2.24) is 9.78 Å². The Balaban J connectivity index is 2.01. The number of rotatable bonds is 6. The Kier molecular flexibility index (Phi) is 5.90. The van der Waals surface area contributed by atoms with Crippen LogP contribution >= 0.6 is 0 Å². The van der Waals surface area contributed by atoms with E-state index in [1.165, 1.54) is 0 Å². The highest BCUT2D eigenvalue weighted by Gasteiger charge is 2.36. The zero-order chi connectivity index (χ0) is 20.1. The molecule has 1 aromatic heterocycles. The van der Waals surface area contributed by atoms with Gasteiger partial charge in [-0.3, -0.25) is 9.79 Å². The van der Waals surface area contributed by atoms with E-state index in [-0.39, 0.29) is 5.78 Å². The summed E-state index contributed by atoms with van der Waals surface area (Å²) in [6.07, 6.45) is 7.19. The minimum absolute atomic E-state index is 0.192. The Labute approximate surface area is 164 Å². The van der Waals surface area contributed by atoms with Crippen LogP contribution in [0.1, 0.15) is 44.0 Å². The molecule has 2 aromatic rings. The van der Waals surface area contributed by atoms with Crippen LogP contribution in [-0.4, -0.2) is 34.5 Å². The second-order valence-electron chi connectivity index (χ2n) is 6.96. The molecule has 0 spiro atoms. The number of allylic oxidation sites excluding steroid dienone is 3. The van der Waals surface area contributed by atoms with Crippen molar-refractivity contribution >= 4 is 18.6 Å². The van der Waals surface area contributed by atoms with Crippen molar-refractivity contribution < 1.29 is 14.6 Å². The van der Waals surface area contributed by atoms with Crippen LogP contribution in [0.3, 0.4) is 0 Å². The third kappa shape index (κ3) is 4.28. The average Bonchev–Trinajstić information content (AvgIpc) is 3.15. The first-order chi connectivity index (χ1) is 13.4. The van der Waals surface area contributed by atoms with Crippen LogP contribution in [-0.2, 0) is 10.4 Å². The van der Waals surface area contributed by atoms with Gasteiger partial charge < -0.3 is 9.84 Å². The Morgan fingerprint density at radius 1 is 1.32 bits per heavy atom. The van der Waals surface area contributed by atoms with Gasteiger partial charge in [0.25, 0.3) is 0 Å². The lowest BCUT2D eigenvalue weighted by atomic mass is 9.82. The van der Waals surface area contributed by atoms with E-state index >= 15 is 0 Å². The number of ether oxygens (including phenoxy) is 1. The molecular weight excluding hydrogens is 354 g/mol. The number of hydrogen-bond acceptors (Lipinski definition) is 5. The van der Waals surface area contributed by atoms with Crippen molar-refractivity contribution in [2.45, 2.75) is 38.2 Å². The van der Waals surface area contributed by atoms with Gasteiger partial charge in [0.1, 0.15) is 17.1 Å². The molecule has 3 rings (SSSR count). The SMILES string of the molecule is C=N/C(C)=C\C=C\c1cc(C2(O)CCC(=O)CC2)nn1-c1ccc(OC)cc1. The first-order valence-corrected chi connectivity index (χ1v) is 9.26. The summed E-state index contributed by atoms with van der Waals surface area (Å²) in [6, 6.07) is 9.43. The summed E-state index contributed by atoms with van der Waals surface area (Å²) in [4.78, 5) is 15.5. The van der Waals surface area contributed by atoms with E-state index in [1.807, 2.05) is 55.5 Å². The van der Waals surface area contributed by atoms with Crippen molar-refractivity contribution in [3.63, 3.8) is 0 Å². The number of ketones is 1. The van der Waals surface area contributed by atoms with Gasteiger partial charge in [0.2, 0.25) is 0 Å². The number of Topliss-reactive ketones (excluding diaryl/α,β-unsaturated/α-hetero) is 1. The number of carbonyl (C=O) groups excluding carboxylic acids is 1. The highest BCUT2D eigenvalue weighted by Crippen LogP contribution is 2.36. The van der Waals surface area contributed by atoms with E-state index in [0.717, 1.165) is 22.8 Å². The molecule has 1 aliphatic carbocycles. The van der Waals surface area contributed by atoms with Gasteiger partial charge in [-0.15, -0.1) is 0 Å². The summed E-state index contributed by atoms with van der Waals surface area (Å²) in [5.41, 5.74) is 1.97. The van der Waals surface area contributed by atoms with E-state index < -0.39 is 5.60 Å². The Bertz CT molecular complexity index is 913. The lowest BCUT2D eigenvalue weighted by molar-refractivity contribution is -0.125. The number of nitrogens with zero attached hydrogens (tertiary/aromatic N) is 3. The second kappa shape index (κ2) is 8.35. The zero-order valence-electron chi connectivity index (χ0n) is 16.3. The standard InChI is InChI=1S/C22H25N3O3/c1-16(23-2)5-4-6-18-15-21(22(27)13-11-19(26)12-14-22)24-25(18)17-7-9-20(28-3)10-8-17/h4-10,15,27H,2,11-14H2,1,3H3/b6-4+,16-5-. The molecule has 1 aromatic carbocycles. The Morgan fingerprint density at radius 2 is 2.00 bits per heavy atom. The van der Waals surface area contributed by atoms with Crippen molar-refractivity contribution in [1.29, 1.82) is 0 Å². The van der Waals surface area contributed by atoms with Crippen molar-refractivity contribution in [2.75, 3.05) is 7.11 Å². The van der Waals surface area contributed by atoms with Crippen LogP contribution in [0, 0.1) is 0 Å². The van der Waals surface area contributed by atoms with Gasteiger partial charge in [-0.05, 0) is 69.0 Å². The molecule has 6 heteroatoms. The van der Waals surface area contributed by atoms with Crippen molar-refractivity contribution in [2.24, 2.45) is 4.99 Å². The molecule has 0 amide bonds. The lowest BCUT2D eigenvalue weighted by Crippen LogP contribution is -2.32. The molecule has 1 aliphatic rings. The molecule has 1 N–H and O–H groups in total. The van der Waals surface area contributed by atoms with E-state index in [0.29, 0.717) is 31.4 Å². The molecule has 0 unspecified atom stereocenters. The molecule has 1 heterocycles. The highest BCUT2D eigenvalue weighted by molar-refractivity contribution is 5.79. The fraction of sp³-hybridized carbons (Fsp3) is 0.318. The van der Waals surface area contributed by atoms with Crippen molar-refractivity contribution in [3.05, 3.63) is 59.6 Å². The smallest absolute Gasteiger partial charge is 0.133 e. The number of carbonyl (C=O) groups is 1. The molecule has 0 bridgehead atoms. The van der Waals surface area contributed by atoms with Crippen LogP contribution in [0.5, 0.6) is 5.75 Å². The number of aromatic nitrogens is 2. The van der Waals surface area contributed by atoms with Gasteiger partial charge in [-0.1, -0.05) is 6.08 Å². The number of benzene rings is 1. The van der Waals surface area contributed by atoms with Gasteiger partial charge >= 0.3 is 0 Å². The van der Waals surface area contributed by atoms with Crippen LogP contribution in [0.4, 0.5) is 0 Å². The number of hydrogen-bond donors (Lipinski definition) is 1. The number of aliphatic hydroxyl groups is 1. The molecule has 1 saturated carbocycles. The molecular formula is C22H25N3O3. The van der Waals surface area contributed by atoms with Crippen LogP contribution in [0.2, 0.25) is 0 Å². The van der Waals surface area contributed by atoms with Gasteiger partial charge in [0.15, 0.2) is 0 Å². The van der Waals surface area contributed by atoms with E-state index in [4.69, 9.17) is 4.74 Å².